The summed E-state index contributed by atoms with van der Waals surface area (Å²) in [7, 11) is -2.40. The Morgan fingerprint density at radius 3 is 2.75 bits per heavy atom. The number of hydrogen-bond acceptors (Lipinski definition) is 6. The summed E-state index contributed by atoms with van der Waals surface area (Å²) in [5.41, 5.74) is 1.32. The SMILES string of the molecule is COc1cc(CO)ccc1S(=O)(=O)Nc1nc(C)cs1. The van der Waals surface area contributed by atoms with E-state index in [2.05, 4.69) is 9.71 Å². The minimum atomic E-state index is -3.78. The Hall–Kier alpha value is -1.64. The Kier molecular flexibility index (Phi) is 4.26. The van der Waals surface area contributed by atoms with Gasteiger partial charge in [-0.3, -0.25) is 4.72 Å². The van der Waals surface area contributed by atoms with E-state index in [0.29, 0.717) is 10.7 Å². The van der Waals surface area contributed by atoms with Crippen LogP contribution in [0.5, 0.6) is 5.75 Å². The summed E-state index contributed by atoms with van der Waals surface area (Å²) in [5.74, 6) is 0.178. The average molecular weight is 314 g/mol. The molecule has 6 nitrogen and oxygen atoms in total. The number of methoxy groups -OCH3 is 1. The van der Waals surface area contributed by atoms with E-state index in [9.17, 15) is 8.42 Å². The van der Waals surface area contributed by atoms with Crippen LogP contribution in [0.15, 0.2) is 28.5 Å². The second kappa shape index (κ2) is 5.78. The van der Waals surface area contributed by atoms with Crippen molar-refractivity contribution >= 4 is 26.5 Å². The van der Waals surface area contributed by atoms with Gasteiger partial charge in [-0.25, -0.2) is 13.4 Å². The number of aliphatic hydroxyl groups is 1. The summed E-state index contributed by atoms with van der Waals surface area (Å²) in [4.78, 5) is 4.06. The monoisotopic (exact) mass is 314 g/mol. The van der Waals surface area contributed by atoms with E-state index >= 15 is 0 Å². The number of aliphatic hydroxyl groups excluding tert-OH is 1. The van der Waals surface area contributed by atoms with Gasteiger partial charge in [0.05, 0.1) is 19.4 Å². The molecule has 0 bridgehead atoms. The van der Waals surface area contributed by atoms with Crippen molar-refractivity contribution in [1.29, 1.82) is 0 Å². The summed E-state index contributed by atoms with van der Waals surface area (Å²) in [5, 5.41) is 11.1. The maximum atomic E-state index is 12.3. The molecule has 2 N–H and O–H groups in total. The highest BCUT2D eigenvalue weighted by Crippen LogP contribution is 2.27. The first kappa shape index (κ1) is 14.8. The highest BCUT2D eigenvalue weighted by Gasteiger charge is 2.21. The van der Waals surface area contributed by atoms with E-state index in [1.54, 1.807) is 12.3 Å². The number of thiazole rings is 1. The molecule has 1 aromatic heterocycles. The molecule has 1 heterocycles. The lowest BCUT2D eigenvalue weighted by atomic mass is 10.2. The predicted octanol–water partition coefficient (Wildman–Crippen LogP) is 1.75. The number of sulfonamides is 1. The fourth-order valence-electron chi connectivity index (χ4n) is 1.60. The lowest BCUT2D eigenvalue weighted by Crippen LogP contribution is -2.14. The molecule has 8 heteroatoms. The van der Waals surface area contributed by atoms with Gasteiger partial charge >= 0.3 is 0 Å². The van der Waals surface area contributed by atoms with Crippen LogP contribution in [0.4, 0.5) is 5.13 Å². The molecule has 0 aliphatic carbocycles. The normalized spacial score (nSPS) is 11.3. The minimum Gasteiger partial charge on any atom is -0.495 e. The third-order valence-electron chi connectivity index (χ3n) is 2.54. The summed E-state index contributed by atoms with van der Waals surface area (Å²) in [6.45, 7) is 1.60. The summed E-state index contributed by atoms with van der Waals surface area (Å²) < 4.78 is 32.1. The largest absolute Gasteiger partial charge is 0.495 e. The Balaban J connectivity index is 2.38. The van der Waals surface area contributed by atoms with Crippen molar-refractivity contribution < 1.29 is 18.3 Å². The molecule has 0 spiro atoms. The first-order valence-corrected chi connectivity index (χ1v) is 8.05. The van der Waals surface area contributed by atoms with Crippen LogP contribution in [0.2, 0.25) is 0 Å². The van der Waals surface area contributed by atoms with Gasteiger partial charge in [-0.1, -0.05) is 6.07 Å². The van der Waals surface area contributed by atoms with Gasteiger partial charge < -0.3 is 9.84 Å². The molecule has 0 saturated heterocycles. The van der Waals surface area contributed by atoms with E-state index in [1.807, 2.05) is 0 Å². The highest BCUT2D eigenvalue weighted by atomic mass is 32.2. The zero-order valence-electron chi connectivity index (χ0n) is 11.0. The Bertz CT molecular complexity index is 710. The van der Waals surface area contributed by atoms with Crippen LogP contribution in [0.1, 0.15) is 11.3 Å². The highest BCUT2D eigenvalue weighted by molar-refractivity contribution is 7.93. The number of rotatable bonds is 5. The van der Waals surface area contributed by atoms with Crippen LogP contribution in [0.3, 0.4) is 0 Å². The smallest absolute Gasteiger partial charge is 0.267 e. The van der Waals surface area contributed by atoms with Crippen LogP contribution < -0.4 is 9.46 Å². The topological polar surface area (TPSA) is 88.5 Å². The van der Waals surface area contributed by atoms with Gasteiger partial charge in [0.15, 0.2) is 5.13 Å². The number of benzene rings is 1. The molecule has 0 saturated carbocycles. The molecular formula is C12H14N2O4S2. The third kappa shape index (κ3) is 3.09. The van der Waals surface area contributed by atoms with Crippen LogP contribution in [0.25, 0.3) is 0 Å². The van der Waals surface area contributed by atoms with Gasteiger partial charge in [-0.15, -0.1) is 11.3 Å². The molecular weight excluding hydrogens is 300 g/mol. The second-order valence-corrected chi connectivity index (χ2v) is 6.55. The molecule has 0 unspecified atom stereocenters. The molecule has 1 aromatic carbocycles. The van der Waals surface area contributed by atoms with Crippen LogP contribution in [-0.4, -0.2) is 25.6 Å². The molecule has 2 rings (SSSR count). The van der Waals surface area contributed by atoms with Gasteiger partial charge in [0, 0.05) is 5.38 Å². The van der Waals surface area contributed by atoms with Crippen molar-refractivity contribution in [2.24, 2.45) is 0 Å². The fraction of sp³-hybridized carbons (Fsp3) is 0.250. The third-order valence-corrected chi connectivity index (χ3v) is 4.92. The lowest BCUT2D eigenvalue weighted by molar-refractivity contribution is 0.280. The number of aromatic nitrogens is 1. The standard InChI is InChI=1S/C12H14N2O4S2/c1-8-7-19-12(13-8)14-20(16,17)11-4-3-9(6-15)5-10(11)18-2/h3-5,7,15H,6H2,1-2H3,(H,13,14). The van der Waals surface area contributed by atoms with E-state index in [1.165, 1.54) is 36.6 Å². The number of ether oxygens (including phenoxy) is 1. The van der Waals surface area contributed by atoms with E-state index in [-0.39, 0.29) is 17.3 Å². The maximum absolute atomic E-state index is 12.3. The Morgan fingerprint density at radius 2 is 2.20 bits per heavy atom. The molecule has 0 fully saturated rings. The minimum absolute atomic E-state index is 0.00468. The van der Waals surface area contributed by atoms with Crippen molar-refractivity contribution in [1.82, 2.24) is 4.98 Å². The first-order valence-electron chi connectivity index (χ1n) is 5.69. The van der Waals surface area contributed by atoms with Crippen molar-refractivity contribution in [2.75, 3.05) is 11.8 Å². The zero-order valence-corrected chi connectivity index (χ0v) is 12.6. The first-order chi connectivity index (χ1) is 9.46. The number of nitrogens with one attached hydrogen (secondary N) is 1. The van der Waals surface area contributed by atoms with E-state index in [4.69, 9.17) is 9.84 Å². The second-order valence-electron chi connectivity index (χ2n) is 4.04. The zero-order chi connectivity index (χ0) is 14.8. The van der Waals surface area contributed by atoms with Gasteiger partial charge in [-0.05, 0) is 24.6 Å². The quantitative estimate of drug-likeness (QED) is 0.878. The molecule has 0 aliphatic heterocycles. The Morgan fingerprint density at radius 1 is 1.45 bits per heavy atom. The maximum Gasteiger partial charge on any atom is 0.267 e. The number of anilines is 1. The van der Waals surface area contributed by atoms with Crippen molar-refractivity contribution in [2.45, 2.75) is 18.4 Å². The molecule has 0 atom stereocenters. The summed E-state index contributed by atoms with van der Waals surface area (Å²) in [6.07, 6.45) is 0. The van der Waals surface area contributed by atoms with Crippen LogP contribution >= 0.6 is 11.3 Å². The summed E-state index contributed by atoms with van der Waals surface area (Å²) in [6, 6.07) is 4.42. The van der Waals surface area contributed by atoms with Gasteiger partial charge in [0.2, 0.25) is 0 Å². The predicted molar refractivity (Wildman–Crippen MR) is 76.6 cm³/mol. The molecule has 20 heavy (non-hydrogen) atoms. The number of hydrogen-bond donors (Lipinski definition) is 2. The van der Waals surface area contributed by atoms with E-state index in [0.717, 1.165) is 5.69 Å². The van der Waals surface area contributed by atoms with Gasteiger partial charge in [-0.2, -0.15) is 0 Å². The molecule has 2 aromatic rings. The molecule has 108 valence electrons. The summed E-state index contributed by atoms with van der Waals surface area (Å²) >= 11 is 1.21. The van der Waals surface area contributed by atoms with Crippen molar-refractivity contribution in [3.05, 3.63) is 34.8 Å². The Labute approximate surface area is 121 Å². The van der Waals surface area contributed by atoms with Crippen LogP contribution in [0, 0.1) is 6.92 Å². The van der Waals surface area contributed by atoms with Crippen molar-refractivity contribution in [3.63, 3.8) is 0 Å². The van der Waals surface area contributed by atoms with Crippen LogP contribution in [-0.2, 0) is 16.6 Å². The van der Waals surface area contributed by atoms with Gasteiger partial charge in [0.1, 0.15) is 10.6 Å². The average Bonchev–Trinajstić information content (AvgIpc) is 2.82. The lowest BCUT2D eigenvalue weighted by Gasteiger charge is -2.11. The number of nitrogens with zero attached hydrogens (tertiary/aromatic N) is 1. The fourth-order valence-corrected chi connectivity index (χ4v) is 3.70. The molecule has 0 aliphatic rings. The number of aryl methyl sites for hydroxylation is 1. The van der Waals surface area contributed by atoms with E-state index < -0.39 is 10.0 Å². The molecule has 0 radical (unpaired) electrons. The molecule has 0 amide bonds. The van der Waals surface area contributed by atoms with Gasteiger partial charge in [0.25, 0.3) is 10.0 Å². The van der Waals surface area contributed by atoms with Crippen molar-refractivity contribution in [3.8, 4) is 5.75 Å².